The van der Waals surface area contributed by atoms with Crippen molar-refractivity contribution in [2.45, 2.75) is 39.2 Å². The molecule has 3 rings (SSSR count). The summed E-state index contributed by atoms with van der Waals surface area (Å²) in [5, 5.41) is 8.17. The van der Waals surface area contributed by atoms with E-state index in [4.69, 9.17) is 11.6 Å². The predicted molar refractivity (Wildman–Crippen MR) is 96.7 cm³/mol. The molecule has 2 heterocycles. The first kappa shape index (κ1) is 16.8. The Balaban J connectivity index is 1.65. The Morgan fingerprint density at radius 1 is 1.42 bits per heavy atom. The molecule has 0 saturated carbocycles. The minimum Gasteiger partial charge on any atom is -0.324 e. The van der Waals surface area contributed by atoms with Crippen molar-refractivity contribution in [3.8, 4) is 0 Å². The van der Waals surface area contributed by atoms with Gasteiger partial charge in [-0.15, -0.1) is 0 Å². The lowest BCUT2D eigenvalue weighted by Gasteiger charge is -2.18. The van der Waals surface area contributed by atoms with Crippen molar-refractivity contribution < 1.29 is 4.79 Å². The van der Waals surface area contributed by atoms with Gasteiger partial charge in [0.1, 0.15) is 5.82 Å². The van der Waals surface area contributed by atoms with Crippen molar-refractivity contribution in [2.75, 3.05) is 18.4 Å². The fourth-order valence-electron chi connectivity index (χ4n) is 3.19. The van der Waals surface area contributed by atoms with Gasteiger partial charge in [-0.25, -0.2) is 9.48 Å². The Bertz CT molecular complexity index is 728. The Kier molecular flexibility index (Phi) is 5.09. The van der Waals surface area contributed by atoms with Gasteiger partial charge in [-0.3, -0.25) is 5.32 Å². The van der Waals surface area contributed by atoms with Crippen LogP contribution in [0.5, 0.6) is 0 Å². The molecule has 0 bridgehead atoms. The van der Waals surface area contributed by atoms with Crippen LogP contribution in [0.15, 0.2) is 30.3 Å². The summed E-state index contributed by atoms with van der Waals surface area (Å²) < 4.78 is 1.86. The van der Waals surface area contributed by atoms with Crippen LogP contribution in [0.3, 0.4) is 0 Å². The minimum absolute atomic E-state index is 0.0585. The fraction of sp³-hybridized carbons (Fsp3) is 0.444. The van der Waals surface area contributed by atoms with Gasteiger partial charge in [-0.2, -0.15) is 5.10 Å². The molecule has 2 amide bonds. The second kappa shape index (κ2) is 7.26. The topological polar surface area (TPSA) is 50.2 Å². The molecule has 1 aromatic heterocycles. The zero-order valence-electron chi connectivity index (χ0n) is 14.1. The maximum Gasteiger partial charge on any atom is 0.323 e. The number of rotatable bonds is 4. The molecule has 1 aliphatic rings. The second-order valence-corrected chi connectivity index (χ2v) is 6.75. The van der Waals surface area contributed by atoms with Crippen molar-refractivity contribution in [1.29, 1.82) is 0 Å². The third-order valence-corrected chi connectivity index (χ3v) is 4.60. The molecule has 0 unspecified atom stereocenters. The number of hydrogen-bond acceptors (Lipinski definition) is 2. The predicted octanol–water partition coefficient (Wildman–Crippen LogP) is 4.28. The van der Waals surface area contributed by atoms with Crippen LogP contribution in [-0.2, 0) is 6.54 Å². The summed E-state index contributed by atoms with van der Waals surface area (Å²) in [6.45, 7) is 6.30. The largest absolute Gasteiger partial charge is 0.324 e. The SMILES string of the molecule is CCCn1nc(C)cc1NC(=O)N1CC[C@@H](c2cccc(Cl)c2)C1. The van der Waals surface area contributed by atoms with E-state index in [0.29, 0.717) is 12.5 Å². The molecule has 2 aromatic rings. The Morgan fingerprint density at radius 3 is 3.00 bits per heavy atom. The number of urea groups is 1. The van der Waals surface area contributed by atoms with Gasteiger partial charge in [0.15, 0.2) is 0 Å². The summed E-state index contributed by atoms with van der Waals surface area (Å²) in [4.78, 5) is 14.4. The van der Waals surface area contributed by atoms with Crippen LogP contribution in [0.1, 0.15) is 36.9 Å². The van der Waals surface area contributed by atoms with E-state index in [2.05, 4.69) is 23.4 Å². The van der Waals surface area contributed by atoms with Gasteiger partial charge in [0.05, 0.1) is 5.69 Å². The maximum atomic E-state index is 12.6. The monoisotopic (exact) mass is 346 g/mol. The maximum absolute atomic E-state index is 12.6. The average molecular weight is 347 g/mol. The average Bonchev–Trinajstić information content (AvgIpc) is 3.15. The molecule has 1 saturated heterocycles. The molecular weight excluding hydrogens is 324 g/mol. The van der Waals surface area contributed by atoms with E-state index < -0.39 is 0 Å². The quantitative estimate of drug-likeness (QED) is 0.898. The lowest BCUT2D eigenvalue weighted by molar-refractivity contribution is 0.221. The summed E-state index contributed by atoms with van der Waals surface area (Å²) in [6, 6.07) is 9.77. The number of aromatic nitrogens is 2. The number of hydrogen-bond donors (Lipinski definition) is 1. The highest BCUT2D eigenvalue weighted by atomic mass is 35.5. The number of nitrogens with one attached hydrogen (secondary N) is 1. The second-order valence-electron chi connectivity index (χ2n) is 6.31. The molecular formula is C18H23ClN4O. The molecule has 0 aliphatic carbocycles. The Morgan fingerprint density at radius 2 is 2.25 bits per heavy atom. The number of carbonyl (C=O) groups excluding carboxylic acids is 1. The molecule has 6 heteroatoms. The first-order chi connectivity index (χ1) is 11.6. The van der Waals surface area contributed by atoms with E-state index in [1.54, 1.807) is 0 Å². The van der Waals surface area contributed by atoms with Crippen LogP contribution in [0.4, 0.5) is 10.6 Å². The van der Waals surface area contributed by atoms with Gasteiger partial charge in [-0.1, -0.05) is 30.7 Å². The highest BCUT2D eigenvalue weighted by Crippen LogP contribution is 2.29. The van der Waals surface area contributed by atoms with Gasteiger partial charge < -0.3 is 4.90 Å². The third-order valence-electron chi connectivity index (χ3n) is 4.37. The first-order valence-electron chi connectivity index (χ1n) is 8.42. The van der Waals surface area contributed by atoms with Crippen LogP contribution in [0, 0.1) is 6.92 Å². The zero-order valence-corrected chi connectivity index (χ0v) is 14.9. The highest BCUT2D eigenvalue weighted by molar-refractivity contribution is 6.30. The lowest BCUT2D eigenvalue weighted by Crippen LogP contribution is -2.33. The standard InChI is InChI=1S/C18H23ClN4O/c1-3-8-23-17(10-13(2)21-23)20-18(24)22-9-7-15(12-22)14-5-4-6-16(19)11-14/h4-6,10-11,15H,3,7-9,12H2,1-2H3,(H,20,24)/t15-/m1/s1. The number of halogens is 1. The van der Waals surface area contributed by atoms with E-state index in [-0.39, 0.29) is 6.03 Å². The van der Waals surface area contributed by atoms with Crippen molar-refractivity contribution in [3.05, 3.63) is 46.6 Å². The highest BCUT2D eigenvalue weighted by Gasteiger charge is 2.28. The van der Waals surface area contributed by atoms with Crippen LogP contribution < -0.4 is 5.32 Å². The van der Waals surface area contributed by atoms with E-state index in [1.165, 1.54) is 5.56 Å². The van der Waals surface area contributed by atoms with Crippen molar-refractivity contribution in [1.82, 2.24) is 14.7 Å². The van der Waals surface area contributed by atoms with Gasteiger partial charge in [0.25, 0.3) is 0 Å². The van der Waals surface area contributed by atoms with Crippen molar-refractivity contribution in [3.63, 3.8) is 0 Å². The number of likely N-dealkylation sites (tertiary alicyclic amines) is 1. The molecule has 0 spiro atoms. The number of benzene rings is 1. The van der Waals surface area contributed by atoms with Crippen molar-refractivity contribution >= 4 is 23.4 Å². The van der Waals surface area contributed by atoms with E-state index in [1.807, 2.05) is 40.8 Å². The Hall–Kier alpha value is -2.01. The number of nitrogens with zero attached hydrogens (tertiary/aromatic N) is 3. The van der Waals surface area contributed by atoms with Crippen LogP contribution >= 0.6 is 11.6 Å². The van der Waals surface area contributed by atoms with Crippen LogP contribution in [-0.4, -0.2) is 33.8 Å². The van der Waals surface area contributed by atoms with Crippen LogP contribution in [0.25, 0.3) is 0 Å². The number of aryl methyl sites for hydroxylation is 2. The molecule has 24 heavy (non-hydrogen) atoms. The van der Waals surface area contributed by atoms with Crippen LogP contribution in [0.2, 0.25) is 5.02 Å². The molecule has 5 nitrogen and oxygen atoms in total. The van der Waals surface area contributed by atoms with Gasteiger partial charge in [-0.05, 0) is 37.5 Å². The summed E-state index contributed by atoms with van der Waals surface area (Å²) >= 11 is 6.08. The third kappa shape index (κ3) is 3.73. The normalized spacial score (nSPS) is 17.3. The van der Waals surface area contributed by atoms with E-state index in [0.717, 1.165) is 42.5 Å². The summed E-state index contributed by atoms with van der Waals surface area (Å²) in [6.07, 6.45) is 1.94. The van der Waals surface area contributed by atoms with Gasteiger partial charge >= 0.3 is 6.03 Å². The molecule has 1 aliphatic heterocycles. The molecule has 0 radical (unpaired) electrons. The molecule has 1 aromatic carbocycles. The Labute approximate surface area is 147 Å². The molecule has 1 N–H and O–H groups in total. The summed E-state index contributed by atoms with van der Waals surface area (Å²) in [5.41, 5.74) is 2.11. The molecule has 128 valence electrons. The van der Waals surface area contributed by atoms with Gasteiger partial charge in [0, 0.05) is 36.6 Å². The summed E-state index contributed by atoms with van der Waals surface area (Å²) in [7, 11) is 0. The number of anilines is 1. The summed E-state index contributed by atoms with van der Waals surface area (Å²) in [5.74, 6) is 1.11. The van der Waals surface area contributed by atoms with E-state index in [9.17, 15) is 4.79 Å². The molecule has 1 fully saturated rings. The van der Waals surface area contributed by atoms with E-state index >= 15 is 0 Å². The molecule has 1 atom stereocenters. The minimum atomic E-state index is -0.0585. The smallest absolute Gasteiger partial charge is 0.323 e. The van der Waals surface area contributed by atoms with Crippen molar-refractivity contribution in [2.24, 2.45) is 0 Å². The fourth-order valence-corrected chi connectivity index (χ4v) is 3.39. The lowest BCUT2D eigenvalue weighted by atomic mass is 9.99. The number of carbonyl (C=O) groups is 1. The number of amides is 2. The van der Waals surface area contributed by atoms with Gasteiger partial charge in [0.2, 0.25) is 0 Å². The first-order valence-corrected chi connectivity index (χ1v) is 8.80. The zero-order chi connectivity index (χ0) is 17.1.